The van der Waals surface area contributed by atoms with Crippen LogP contribution < -0.4 is 5.73 Å². The minimum absolute atomic E-state index is 0.389. The molecule has 2 atom stereocenters. The van der Waals surface area contributed by atoms with Gasteiger partial charge >= 0.3 is 0 Å². The van der Waals surface area contributed by atoms with Crippen LogP contribution in [0.15, 0.2) is 29.2 Å². The van der Waals surface area contributed by atoms with Crippen molar-refractivity contribution in [1.82, 2.24) is 0 Å². The average molecular weight is 221 g/mol. The maximum absolute atomic E-state index is 5.82. The van der Waals surface area contributed by atoms with Crippen LogP contribution >= 0.6 is 11.8 Å². The largest absolute Gasteiger partial charge is 0.330 e. The van der Waals surface area contributed by atoms with Crippen molar-refractivity contribution in [2.45, 2.75) is 24.7 Å². The lowest BCUT2D eigenvalue weighted by molar-refractivity contribution is 0.558. The van der Waals surface area contributed by atoms with Crippen molar-refractivity contribution in [3.8, 4) is 0 Å². The van der Waals surface area contributed by atoms with E-state index in [0.717, 1.165) is 6.54 Å². The Morgan fingerprint density at radius 3 is 2.53 bits per heavy atom. The fraction of sp³-hybridized carbons (Fsp3) is 0.538. The van der Waals surface area contributed by atoms with Crippen LogP contribution in [0.25, 0.3) is 0 Å². The highest BCUT2D eigenvalue weighted by Gasteiger charge is 2.57. The number of benzene rings is 1. The van der Waals surface area contributed by atoms with E-state index in [4.69, 9.17) is 5.73 Å². The molecule has 1 aromatic carbocycles. The predicted molar refractivity (Wildman–Crippen MR) is 67.3 cm³/mol. The highest BCUT2D eigenvalue weighted by atomic mass is 32.2. The molecule has 1 nitrogen and oxygen atoms in total. The fourth-order valence-electron chi connectivity index (χ4n) is 2.72. The van der Waals surface area contributed by atoms with Crippen LogP contribution in [0.5, 0.6) is 0 Å². The van der Waals surface area contributed by atoms with Gasteiger partial charge in [0.1, 0.15) is 0 Å². The van der Waals surface area contributed by atoms with E-state index in [1.807, 2.05) is 11.8 Å². The minimum Gasteiger partial charge on any atom is -0.330 e. The van der Waals surface area contributed by atoms with Gasteiger partial charge in [-0.05, 0) is 41.7 Å². The smallest absolute Gasteiger partial charge is 0.0104 e. The molecule has 2 N–H and O–H groups in total. The molecule has 0 radical (unpaired) electrons. The van der Waals surface area contributed by atoms with E-state index in [2.05, 4.69) is 44.4 Å². The Morgan fingerprint density at radius 1 is 1.33 bits per heavy atom. The summed E-state index contributed by atoms with van der Waals surface area (Å²) < 4.78 is 0. The predicted octanol–water partition coefficient (Wildman–Crippen LogP) is 3.11. The second-order valence-corrected chi connectivity index (χ2v) is 5.73. The molecule has 0 aliphatic heterocycles. The first kappa shape index (κ1) is 11.0. The Hall–Kier alpha value is -0.470. The lowest BCUT2D eigenvalue weighted by Crippen LogP contribution is -2.05. The zero-order valence-electron chi connectivity index (χ0n) is 9.66. The van der Waals surface area contributed by atoms with Gasteiger partial charge in [0.25, 0.3) is 0 Å². The molecule has 0 bridgehead atoms. The van der Waals surface area contributed by atoms with Gasteiger partial charge in [-0.15, -0.1) is 11.8 Å². The zero-order chi connectivity index (χ0) is 11.1. The van der Waals surface area contributed by atoms with Gasteiger partial charge in [0.05, 0.1) is 0 Å². The summed E-state index contributed by atoms with van der Waals surface area (Å²) in [5.74, 6) is 1.32. The number of rotatable bonds is 3. The molecule has 1 aliphatic carbocycles. The van der Waals surface area contributed by atoms with E-state index in [1.165, 1.54) is 10.5 Å². The summed E-state index contributed by atoms with van der Waals surface area (Å²) in [5, 5.41) is 0. The van der Waals surface area contributed by atoms with E-state index in [-0.39, 0.29) is 0 Å². The summed E-state index contributed by atoms with van der Waals surface area (Å²) in [6, 6.07) is 8.72. The van der Waals surface area contributed by atoms with E-state index >= 15 is 0 Å². The van der Waals surface area contributed by atoms with Gasteiger partial charge in [-0.25, -0.2) is 0 Å². The molecule has 0 heterocycles. The van der Waals surface area contributed by atoms with E-state index in [1.54, 1.807) is 0 Å². The molecule has 1 aliphatic rings. The first-order chi connectivity index (χ1) is 7.12. The second kappa shape index (κ2) is 3.84. The topological polar surface area (TPSA) is 26.0 Å². The van der Waals surface area contributed by atoms with Crippen LogP contribution in [0, 0.1) is 11.3 Å². The monoisotopic (exact) mass is 221 g/mol. The van der Waals surface area contributed by atoms with Gasteiger partial charge in [0.2, 0.25) is 0 Å². The fourth-order valence-corrected chi connectivity index (χ4v) is 3.37. The molecule has 82 valence electrons. The van der Waals surface area contributed by atoms with E-state index in [0.29, 0.717) is 17.3 Å². The van der Waals surface area contributed by atoms with Crippen molar-refractivity contribution >= 4 is 11.8 Å². The maximum atomic E-state index is 5.82. The SMILES string of the molecule is CSc1ccccc1[C@@H]1[C@@H](CN)C1(C)C. The van der Waals surface area contributed by atoms with Crippen molar-refractivity contribution < 1.29 is 0 Å². The van der Waals surface area contributed by atoms with Crippen LogP contribution in [-0.4, -0.2) is 12.8 Å². The van der Waals surface area contributed by atoms with Gasteiger partial charge in [0.15, 0.2) is 0 Å². The summed E-state index contributed by atoms with van der Waals surface area (Å²) >= 11 is 1.84. The standard InChI is InChI=1S/C13H19NS/c1-13(2)10(8-14)12(13)9-6-4-5-7-11(9)15-3/h4-7,10,12H,8,14H2,1-3H3/t10-,12-/m1/s1. The molecular formula is C13H19NS. The van der Waals surface area contributed by atoms with Crippen molar-refractivity contribution in [3.05, 3.63) is 29.8 Å². The Labute approximate surface area is 96.4 Å². The van der Waals surface area contributed by atoms with Crippen molar-refractivity contribution in [3.63, 3.8) is 0 Å². The summed E-state index contributed by atoms with van der Waals surface area (Å²) in [7, 11) is 0. The van der Waals surface area contributed by atoms with Crippen LogP contribution in [0.3, 0.4) is 0 Å². The average Bonchev–Trinajstić information content (AvgIpc) is 2.80. The third kappa shape index (κ3) is 1.70. The molecule has 1 aromatic rings. The van der Waals surface area contributed by atoms with Gasteiger partial charge in [0, 0.05) is 4.90 Å². The number of nitrogens with two attached hydrogens (primary N) is 1. The third-order valence-electron chi connectivity index (χ3n) is 3.78. The Morgan fingerprint density at radius 2 is 2.00 bits per heavy atom. The lowest BCUT2D eigenvalue weighted by atomic mass is 10.0. The lowest BCUT2D eigenvalue weighted by Gasteiger charge is -2.08. The van der Waals surface area contributed by atoms with Crippen LogP contribution in [0.4, 0.5) is 0 Å². The number of hydrogen-bond acceptors (Lipinski definition) is 2. The van der Waals surface area contributed by atoms with Crippen LogP contribution in [-0.2, 0) is 0 Å². The quantitative estimate of drug-likeness (QED) is 0.794. The molecule has 15 heavy (non-hydrogen) atoms. The second-order valence-electron chi connectivity index (χ2n) is 4.88. The van der Waals surface area contributed by atoms with Crippen molar-refractivity contribution in [1.29, 1.82) is 0 Å². The zero-order valence-corrected chi connectivity index (χ0v) is 10.5. The first-order valence-electron chi connectivity index (χ1n) is 5.46. The van der Waals surface area contributed by atoms with Crippen molar-refractivity contribution in [2.24, 2.45) is 17.1 Å². The summed E-state index contributed by atoms with van der Waals surface area (Å²) in [5.41, 5.74) is 7.70. The molecule has 0 spiro atoms. The van der Waals surface area contributed by atoms with Gasteiger partial charge in [-0.3, -0.25) is 0 Å². The molecule has 2 heteroatoms. The molecule has 1 fully saturated rings. The minimum atomic E-state index is 0.389. The molecule has 1 saturated carbocycles. The molecule has 0 aromatic heterocycles. The molecule has 2 rings (SSSR count). The Bertz CT molecular complexity index is 359. The van der Waals surface area contributed by atoms with Gasteiger partial charge in [-0.1, -0.05) is 32.0 Å². The third-order valence-corrected chi connectivity index (χ3v) is 4.59. The molecule has 0 unspecified atom stereocenters. The summed E-state index contributed by atoms with van der Waals surface area (Å²) in [4.78, 5) is 1.41. The molecule has 0 amide bonds. The molecule has 0 saturated heterocycles. The highest BCUT2D eigenvalue weighted by molar-refractivity contribution is 7.98. The van der Waals surface area contributed by atoms with E-state index < -0.39 is 0 Å². The highest BCUT2D eigenvalue weighted by Crippen LogP contribution is 2.64. The normalized spacial score (nSPS) is 27.7. The van der Waals surface area contributed by atoms with Crippen molar-refractivity contribution in [2.75, 3.05) is 12.8 Å². The number of hydrogen-bond donors (Lipinski definition) is 1. The first-order valence-corrected chi connectivity index (χ1v) is 6.68. The maximum Gasteiger partial charge on any atom is 0.0104 e. The number of thioether (sulfide) groups is 1. The van der Waals surface area contributed by atoms with E-state index in [9.17, 15) is 0 Å². The summed E-state index contributed by atoms with van der Waals surface area (Å²) in [6.45, 7) is 5.46. The van der Waals surface area contributed by atoms with Gasteiger partial charge in [-0.2, -0.15) is 0 Å². The Kier molecular flexibility index (Phi) is 2.82. The summed E-state index contributed by atoms with van der Waals surface area (Å²) in [6.07, 6.45) is 2.14. The van der Waals surface area contributed by atoms with Gasteiger partial charge < -0.3 is 5.73 Å². The molecular weight excluding hydrogens is 202 g/mol. The Balaban J connectivity index is 2.32. The van der Waals surface area contributed by atoms with Crippen LogP contribution in [0.2, 0.25) is 0 Å². The van der Waals surface area contributed by atoms with Crippen LogP contribution in [0.1, 0.15) is 25.3 Å².